The zero-order valence-corrected chi connectivity index (χ0v) is 7.45. The van der Waals surface area contributed by atoms with E-state index in [1.165, 1.54) is 30.7 Å². The first kappa shape index (κ1) is 7.80. The normalized spacial score (nSPS) is 22.3. The van der Waals surface area contributed by atoms with Crippen molar-refractivity contribution in [2.45, 2.75) is 32.2 Å². The second-order valence-electron chi connectivity index (χ2n) is 3.47. The number of nitrogens with zero attached hydrogens (tertiary/aromatic N) is 2. The monoisotopic (exact) mass is 165 g/mol. The summed E-state index contributed by atoms with van der Waals surface area (Å²) in [7, 11) is 0. The quantitative estimate of drug-likeness (QED) is 0.675. The first-order valence-electron chi connectivity index (χ1n) is 4.55. The van der Waals surface area contributed by atoms with Gasteiger partial charge in [-0.1, -0.05) is 0 Å². The molecule has 1 aliphatic rings. The summed E-state index contributed by atoms with van der Waals surface area (Å²) in [5.41, 5.74) is 8.24. The van der Waals surface area contributed by atoms with Gasteiger partial charge in [0, 0.05) is 18.3 Å². The Hall–Kier alpha value is -0.830. The van der Waals surface area contributed by atoms with Gasteiger partial charge in [0.25, 0.3) is 0 Å². The van der Waals surface area contributed by atoms with Crippen LogP contribution < -0.4 is 5.73 Å². The molecule has 3 nitrogen and oxygen atoms in total. The Morgan fingerprint density at radius 3 is 3.33 bits per heavy atom. The molecule has 1 aliphatic heterocycles. The molecule has 0 saturated heterocycles. The molecule has 0 bridgehead atoms. The van der Waals surface area contributed by atoms with Crippen molar-refractivity contribution in [2.24, 2.45) is 5.73 Å². The van der Waals surface area contributed by atoms with Gasteiger partial charge >= 0.3 is 0 Å². The minimum atomic E-state index is 0.495. The number of aromatic nitrogens is 2. The third-order valence-corrected chi connectivity index (χ3v) is 2.72. The molecular formula is C9H15N3. The van der Waals surface area contributed by atoms with E-state index in [2.05, 4.69) is 16.5 Å². The molecule has 1 aromatic heterocycles. The van der Waals surface area contributed by atoms with E-state index in [4.69, 9.17) is 5.73 Å². The van der Waals surface area contributed by atoms with E-state index in [1.807, 2.05) is 6.33 Å². The Morgan fingerprint density at radius 2 is 2.58 bits per heavy atom. The molecule has 0 spiro atoms. The molecule has 2 heterocycles. The van der Waals surface area contributed by atoms with E-state index in [1.54, 1.807) is 0 Å². The minimum Gasteiger partial charge on any atom is -0.330 e. The maximum atomic E-state index is 5.68. The Kier molecular flexibility index (Phi) is 1.89. The average Bonchev–Trinajstić information content (AvgIpc) is 2.48. The number of nitrogens with two attached hydrogens (primary N) is 1. The lowest BCUT2D eigenvalue weighted by atomic mass is 10.0. The van der Waals surface area contributed by atoms with Crippen LogP contribution in [0.5, 0.6) is 0 Å². The van der Waals surface area contributed by atoms with Crippen molar-refractivity contribution in [1.82, 2.24) is 9.55 Å². The number of fused-ring (bicyclic) bond motifs is 1. The van der Waals surface area contributed by atoms with Crippen LogP contribution in [0, 0.1) is 6.92 Å². The third kappa shape index (κ3) is 1.05. The van der Waals surface area contributed by atoms with Crippen LogP contribution in [0.1, 0.15) is 30.3 Å². The molecule has 0 aromatic carbocycles. The fourth-order valence-corrected chi connectivity index (χ4v) is 1.98. The van der Waals surface area contributed by atoms with Gasteiger partial charge in [-0.05, 0) is 26.2 Å². The summed E-state index contributed by atoms with van der Waals surface area (Å²) in [6.45, 7) is 2.81. The Morgan fingerprint density at radius 1 is 1.75 bits per heavy atom. The molecule has 66 valence electrons. The highest BCUT2D eigenvalue weighted by Gasteiger charge is 2.19. The smallest absolute Gasteiger partial charge is 0.0954 e. The van der Waals surface area contributed by atoms with Crippen LogP contribution in [0.2, 0.25) is 0 Å². The molecule has 1 unspecified atom stereocenters. The third-order valence-electron chi connectivity index (χ3n) is 2.72. The Balaban J connectivity index is 2.38. The summed E-state index contributed by atoms with van der Waals surface area (Å²) in [5.74, 6) is 0. The number of imidazole rings is 1. The molecule has 0 aliphatic carbocycles. The predicted octanol–water partition coefficient (Wildman–Crippen LogP) is 1.03. The standard InChI is InChI=1S/C9H15N3/c1-7-9-4-2-3-8(5-10)12(9)6-11-7/h6,8H,2-5,10H2,1H3. The zero-order valence-electron chi connectivity index (χ0n) is 7.45. The molecule has 0 saturated carbocycles. The van der Waals surface area contributed by atoms with Crippen LogP contribution in [0.3, 0.4) is 0 Å². The van der Waals surface area contributed by atoms with Gasteiger partial charge in [0.05, 0.1) is 12.0 Å². The predicted molar refractivity (Wildman–Crippen MR) is 48.0 cm³/mol. The van der Waals surface area contributed by atoms with Gasteiger partial charge in [-0.2, -0.15) is 0 Å². The molecule has 0 fully saturated rings. The highest BCUT2D eigenvalue weighted by Crippen LogP contribution is 2.25. The highest BCUT2D eigenvalue weighted by molar-refractivity contribution is 5.14. The summed E-state index contributed by atoms with van der Waals surface area (Å²) in [4.78, 5) is 4.30. The summed E-state index contributed by atoms with van der Waals surface area (Å²) >= 11 is 0. The molecule has 12 heavy (non-hydrogen) atoms. The Labute approximate surface area is 72.6 Å². The lowest BCUT2D eigenvalue weighted by Gasteiger charge is -2.24. The second-order valence-corrected chi connectivity index (χ2v) is 3.47. The summed E-state index contributed by atoms with van der Waals surface area (Å²) in [6.07, 6.45) is 5.57. The van der Waals surface area contributed by atoms with Crippen LogP contribution in [0.25, 0.3) is 0 Å². The molecule has 0 amide bonds. The van der Waals surface area contributed by atoms with Gasteiger partial charge in [0.1, 0.15) is 0 Å². The average molecular weight is 165 g/mol. The maximum Gasteiger partial charge on any atom is 0.0954 e. The lowest BCUT2D eigenvalue weighted by molar-refractivity contribution is 0.409. The lowest BCUT2D eigenvalue weighted by Crippen LogP contribution is -2.24. The van der Waals surface area contributed by atoms with Gasteiger partial charge in [0.15, 0.2) is 0 Å². The highest BCUT2D eigenvalue weighted by atomic mass is 15.1. The van der Waals surface area contributed by atoms with E-state index in [-0.39, 0.29) is 0 Å². The molecule has 2 N–H and O–H groups in total. The number of aryl methyl sites for hydroxylation is 1. The van der Waals surface area contributed by atoms with Crippen LogP contribution in [0.4, 0.5) is 0 Å². The topological polar surface area (TPSA) is 43.8 Å². The molecular weight excluding hydrogens is 150 g/mol. The molecule has 3 heteroatoms. The molecule has 1 atom stereocenters. The van der Waals surface area contributed by atoms with Crippen molar-refractivity contribution in [3.63, 3.8) is 0 Å². The number of hydrogen-bond donors (Lipinski definition) is 1. The van der Waals surface area contributed by atoms with Crippen molar-refractivity contribution in [2.75, 3.05) is 6.54 Å². The fraction of sp³-hybridized carbons (Fsp3) is 0.667. The Bertz CT molecular complexity index is 277. The summed E-state index contributed by atoms with van der Waals surface area (Å²) in [6, 6.07) is 0.495. The van der Waals surface area contributed by atoms with Crippen LogP contribution in [-0.2, 0) is 6.42 Å². The van der Waals surface area contributed by atoms with Crippen molar-refractivity contribution in [3.8, 4) is 0 Å². The van der Waals surface area contributed by atoms with E-state index in [0.717, 1.165) is 6.54 Å². The first-order chi connectivity index (χ1) is 5.83. The summed E-state index contributed by atoms with van der Waals surface area (Å²) in [5, 5.41) is 0. The van der Waals surface area contributed by atoms with E-state index in [9.17, 15) is 0 Å². The van der Waals surface area contributed by atoms with Crippen molar-refractivity contribution in [3.05, 3.63) is 17.7 Å². The van der Waals surface area contributed by atoms with Crippen LogP contribution in [-0.4, -0.2) is 16.1 Å². The first-order valence-corrected chi connectivity index (χ1v) is 4.55. The number of hydrogen-bond acceptors (Lipinski definition) is 2. The van der Waals surface area contributed by atoms with Gasteiger partial charge in [-0.15, -0.1) is 0 Å². The molecule has 1 aromatic rings. The summed E-state index contributed by atoms with van der Waals surface area (Å²) < 4.78 is 2.25. The second kappa shape index (κ2) is 2.90. The van der Waals surface area contributed by atoms with Crippen molar-refractivity contribution in [1.29, 1.82) is 0 Å². The van der Waals surface area contributed by atoms with Crippen molar-refractivity contribution >= 4 is 0 Å². The molecule has 0 radical (unpaired) electrons. The van der Waals surface area contributed by atoms with Gasteiger partial charge in [-0.25, -0.2) is 4.98 Å². The van der Waals surface area contributed by atoms with Gasteiger partial charge in [0.2, 0.25) is 0 Å². The SMILES string of the molecule is Cc1ncn2c1CCCC2CN. The zero-order chi connectivity index (χ0) is 8.55. The fourth-order valence-electron chi connectivity index (χ4n) is 1.98. The maximum absolute atomic E-state index is 5.68. The largest absolute Gasteiger partial charge is 0.330 e. The van der Waals surface area contributed by atoms with Crippen LogP contribution in [0.15, 0.2) is 6.33 Å². The number of rotatable bonds is 1. The minimum absolute atomic E-state index is 0.495. The van der Waals surface area contributed by atoms with E-state index < -0.39 is 0 Å². The van der Waals surface area contributed by atoms with Crippen LogP contribution >= 0.6 is 0 Å². The van der Waals surface area contributed by atoms with E-state index >= 15 is 0 Å². The van der Waals surface area contributed by atoms with Gasteiger partial charge in [-0.3, -0.25) is 0 Å². The van der Waals surface area contributed by atoms with E-state index in [0.29, 0.717) is 6.04 Å². The van der Waals surface area contributed by atoms with Gasteiger partial charge < -0.3 is 10.3 Å². The van der Waals surface area contributed by atoms with Crippen molar-refractivity contribution < 1.29 is 0 Å². The molecule has 2 rings (SSSR count).